The van der Waals surface area contributed by atoms with Gasteiger partial charge in [-0.15, -0.1) is 0 Å². The van der Waals surface area contributed by atoms with E-state index < -0.39 is 11.4 Å². The third-order valence-corrected chi connectivity index (χ3v) is 7.62. The van der Waals surface area contributed by atoms with Gasteiger partial charge >= 0.3 is 6.09 Å². The van der Waals surface area contributed by atoms with Crippen molar-refractivity contribution in [2.75, 3.05) is 25.5 Å². The SMILES string of the molecule is COc1ccc(-c2cc3c(NC4CCN(C(=O)OC(C)(C)C)CC4)c(C(N)=Nc4cc(F)ccc4Cl)cnn3c2)c(C)c1. The number of amidine groups is 1. The number of aliphatic imine (C=N–C) groups is 1. The highest BCUT2D eigenvalue weighted by molar-refractivity contribution is 6.33. The molecular formula is C32H36ClFN6O3. The van der Waals surface area contributed by atoms with Crippen LogP contribution in [0.25, 0.3) is 16.6 Å². The lowest BCUT2D eigenvalue weighted by Gasteiger charge is -2.34. The number of methoxy groups -OCH3 is 1. The number of amides is 1. The van der Waals surface area contributed by atoms with Gasteiger partial charge in [0.2, 0.25) is 0 Å². The number of anilines is 1. The van der Waals surface area contributed by atoms with Crippen molar-refractivity contribution in [2.24, 2.45) is 10.7 Å². The number of nitrogens with one attached hydrogen (secondary N) is 1. The molecule has 3 heterocycles. The summed E-state index contributed by atoms with van der Waals surface area (Å²) in [6, 6.07) is 12.0. The van der Waals surface area contributed by atoms with E-state index in [9.17, 15) is 9.18 Å². The van der Waals surface area contributed by atoms with Crippen molar-refractivity contribution in [3.05, 3.63) is 76.8 Å². The number of ether oxygens (including phenoxy) is 2. The lowest BCUT2D eigenvalue weighted by Crippen LogP contribution is -2.44. The molecule has 0 aliphatic carbocycles. The summed E-state index contributed by atoms with van der Waals surface area (Å²) in [5.74, 6) is 0.454. The second kappa shape index (κ2) is 12.1. The Hall–Kier alpha value is -4.31. The third kappa shape index (κ3) is 6.85. The molecule has 11 heteroatoms. The molecule has 43 heavy (non-hydrogen) atoms. The van der Waals surface area contributed by atoms with Crippen LogP contribution in [0.5, 0.6) is 5.75 Å². The first-order valence-electron chi connectivity index (χ1n) is 14.1. The van der Waals surface area contributed by atoms with E-state index in [1.807, 2.05) is 58.2 Å². The predicted molar refractivity (Wildman–Crippen MR) is 168 cm³/mol. The van der Waals surface area contributed by atoms with Crippen molar-refractivity contribution < 1.29 is 18.7 Å². The maximum Gasteiger partial charge on any atom is 0.410 e. The molecule has 9 nitrogen and oxygen atoms in total. The summed E-state index contributed by atoms with van der Waals surface area (Å²) in [5, 5.41) is 8.57. The van der Waals surface area contributed by atoms with Gasteiger partial charge in [0.15, 0.2) is 0 Å². The largest absolute Gasteiger partial charge is 0.497 e. The van der Waals surface area contributed by atoms with Gasteiger partial charge in [0, 0.05) is 37.0 Å². The summed E-state index contributed by atoms with van der Waals surface area (Å²) in [6.45, 7) is 8.70. The molecule has 4 aromatic rings. The quantitative estimate of drug-likeness (QED) is 0.182. The van der Waals surface area contributed by atoms with Crippen LogP contribution in [0.15, 0.2) is 59.9 Å². The first-order valence-corrected chi connectivity index (χ1v) is 14.5. The number of fused-ring (bicyclic) bond motifs is 1. The molecule has 5 rings (SSSR count). The Morgan fingerprint density at radius 1 is 1.16 bits per heavy atom. The maximum atomic E-state index is 14.0. The van der Waals surface area contributed by atoms with E-state index in [-0.39, 0.29) is 28.7 Å². The number of aromatic nitrogens is 2. The number of nitrogens with zero attached hydrogens (tertiary/aromatic N) is 4. The molecule has 1 aliphatic rings. The zero-order chi connectivity index (χ0) is 30.9. The molecule has 2 aromatic heterocycles. The zero-order valence-electron chi connectivity index (χ0n) is 24.9. The van der Waals surface area contributed by atoms with Gasteiger partial charge in [0.05, 0.1) is 40.8 Å². The highest BCUT2D eigenvalue weighted by Crippen LogP contribution is 2.34. The van der Waals surface area contributed by atoms with Crippen LogP contribution in [-0.2, 0) is 4.74 Å². The molecular weight excluding hydrogens is 571 g/mol. The van der Waals surface area contributed by atoms with Gasteiger partial charge in [-0.25, -0.2) is 18.7 Å². The Labute approximate surface area is 255 Å². The van der Waals surface area contributed by atoms with Gasteiger partial charge in [-0.1, -0.05) is 17.7 Å². The lowest BCUT2D eigenvalue weighted by molar-refractivity contribution is 0.0210. The van der Waals surface area contributed by atoms with Gasteiger partial charge in [-0.2, -0.15) is 5.10 Å². The molecule has 1 amide bonds. The van der Waals surface area contributed by atoms with Crippen molar-refractivity contribution >= 4 is 40.4 Å². The molecule has 2 aromatic carbocycles. The Morgan fingerprint density at radius 3 is 2.58 bits per heavy atom. The third-order valence-electron chi connectivity index (χ3n) is 7.30. The molecule has 0 bridgehead atoms. The topological polar surface area (TPSA) is 106 Å². The van der Waals surface area contributed by atoms with E-state index in [4.69, 9.17) is 26.8 Å². The number of hydrogen-bond acceptors (Lipinski definition) is 6. The monoisotopic (exact) mass is 606 g/mol. The number of likely N-dealkylation sites (tertiary alicyclic amines) is 1. The van der Waals surface area contributed by atoms with E-state index in [0.29, 0.717) is 31.5 Å². The number of rotatable bonds is 6. The van der Waals surface area contributed by atoms with Crippen LogP contribution in [0.1, 0.15) is 44.7 Å². The summed E-state index contributed by atoms with van der Waals surface area (Å²) in [5.41, 5.74) is 11.3. The summed E-state index contributed by atoms with van der Waals surface area (Å²) >= 11 is 6.29. The molecule has 226 valence electrons. The van der Waals surface area contributed by atoms with Crippen LogP contribution in [0.4, 0.5) is 20.6 Å². The lowest BCUT2D eigenvalue weighted by atomic mass is 10.0. The second-order valence-electron chi connectivity index (χ2n) is 11.7. The number of nitrogens with two attached hydrogens (primary N) is 1. The standard InChI is InChI=1S/C32H36ClFN6O3/c1-19-14-23(42-5)7-8-24(19)20-15-28-29(37-22-10-12-39(13-11-22)31(41)43-32(2,3)4)25(17-36-40(28)18-20)30(35)38-27-16-21(34)6-9-26(27)33/h6-9,14-18,22,37H,10-13H2,1-5H3,(H2,35,38). The number of carbonyl (C=O) groups excluding carboxylic acids is 1. The van der Waals surface area contributed by atoms with Gasteiger partial charge in [-0.05, 0) is 82.0 Å². The summed E-state index contributed by atoms with van der Waals surface area (Å²) < 4.78 is 26.7. The number of halogens is 2. The summed E-state index contributed by atoms with van der Waals surface area (Å²) in [4.78, 5) is 18.8. The Kier molecular flexibility index (Phi) is 8.50. The van der Waals surface area contributed by atoms with E-state index in [2.05, 4.69) is 15.4 Å². The fourth-order valence-corrected chi connectivity index (χ4v) is 5.30. The van der Waals surface area contributed by atoms with E-state index in [1.165, 1.54) is 18.2 Å². The van der Waals surface area contributed by atoms with Gasteiger partial charge in [0.1, 0.15) is 23.0 Å². The number of benzene rings is 2. The summed E-state index contributed by atoms with van der Waals surface area (Å²) in [7, 11) is 1.64. The van der Waals surface area contributed by atoms with Crippen molar-refractivity contribution in [3.63, 3.8) is 0 Å². The van der Waals surface area contributed by atoms with E-state index in [1.54, 1.807) is 22.7 Å². The molecule has 1 saturated heterocycles. The second-order valence-corrected chi connectivity index (χ2v) is 12.1. The molecule has 0 atom stereocenters. The Morgan fingerprint density at radius 2 is 1.91 bits per heavy atom. The van der Waals surface area contributed by atoms with Crippen LogP contribution < -0.4 is 15.8 Å². The minimum absolute atomic E-state index is 0.0373. The Bertz CT molecular complexity index is 1690. The van der Waals surface area contributed by atoms with Crippen LogP contribution >= 0.6 is 11.6 Å². The average molecular weight is 607 g/mol. The van der Waals surface area contributed by atoms with Crippen LogP contribution in [-0.4, -0.2) is 58.3 Å². The highest BCUT2D eigenvalue weighted by atomic mass is 35.5. The zero-order valence-corrected chi connectivity index (χ0v) is 25.7. The molecule has 0 radical (unpaired) electrons. The number of hydrogen-bond donors (Lipinski definition) is 2. The van der Waals surface area contributed by atoms with Crippen molar-refractivity contribution in [3.8, 4) is 16.9 Å². The normalized spacial score (nSPS) is 14.7. The van der Waals surface area contributed by atoms with Crippen molar-refractivity contribution in [1.29, 1.82) is 0 Å². The molecule has 0 spiro atoms. The number of carbonyl (C=O) groups is 1. The predicted octanol–water partition coefficient (Wildman–Crippen LogP) is 6.96. The van der Waals surface area contributed by atoms with Crippen LogP contribution in [0.3, 0.4) is 0 Å². The maximum absolute atomic E-state index is 14.0. The minimum atomic E-state index is -0.555. The summed E-state index contributed by atoms with van der Waals surface area (Å²) in [6.07, 6.45) is 4.69. The van der Waals surface area contributed by atoms with E-state index >= 15 is 0 Å². The van der Waals surface area contributed by atoms with Gasteiger partial charge in [0.25, 0.3) is 0 Å². The minimum Gasteiger partial charge on any atom is -0.497 e. The van der Waals surface area contributed by atoms with Gasteiger partial charge in [-0.3, -0.25) is 0 Å². The first-order chi connectivity index (χ1) is 20.4. The first kappa shape index (κ1) is 30.2. The Balaban J connectivity index is 1.51. The molecule has 3 N–H and O–H groups in total. The molecule has 0 saturated carbocycles. The smallest absolute Gasteiger partial charge is 0.410 e. The molecule has 1 aliphatic heterocycles. The fraction of sp³-hybridized carbons (Fsp3) is 0.344. The molecule has 1 fully saturated rings. The fourth-order valence-electron chi connectivity index (χ4n) is 5.14. The average Bonchev–Trinajstić information content (AvgIpc) is 3.39. The van der Waals surface area contributed by atoms with Crippen molar-refractivity contribution in [1.82, 2.24) is 14.5 Å². The van der Waals surface area contributed by atoms with Crippen LogP contribution in [0.2, 0.25) is 5.02 Å². The molecule has 0 unspecified atom stereocenters. The highest BCUT2D eigenvalue weighted by Gasteiger charge is 2.28. The number of piperidine rings is 1. The van der Waals surface area contributed by atoms with Gasteiger partial charge < -0.3 is 25.4 Å². The van der Waals surface area contributed by atoms with E-state index in [0.717, 1.165) is 33.6 Å². The van der Waals surface area contributed by atoms with Crippen LogP contribution in [0, 0.1) is 12.7 Å². The number of aryl methyl sites for hydroxylation is 1. The van der Waals surface area contributed by atoms with Crippen molar-refractivity contribution in [2.45, 2.75) is 52.2 Å².